The lowest BCUT2D eigenvalue weighted by molar-refractivity contribution is 0.396. The van der Waals surface area contributed by atoms with Crippen LogP contribution in [0.3, 0.4) is 0 Å². The number of pyridine rings is 1. The summed E-state index contributed by atoms with van der Waals surface area (Å²) in [6, 6.07) is 3.93. The molecule has 0 aliphatic heterocycles. The first-order valence-electron chi connectivity index (χ1n) is 4.14. The Hall–Kier alpha value is -1.38. The quantitative estimate of drug-likeness (QED) is 0.647. The van der Waals surface area contributed by atoms with Crippen LogP contribution in [-0.4, -0.2) is 24.9 Å². The number of ether oxygens (including phenoxy) is 1. The highest BCUT2D eigenvalue weighted by Gasteiger charge is 2.06. The van der Waals surface area contributed by atoms with Crippen LogP contribution in [-0.2, 0) is 0 Å². The molecule has 1 aromatic heterocycles. The van der Waals surface area contributed by atoms with E-state index in [4.69, 9.17) is 4.74 Å². The van der Waals surface area contributed by atoms with Crippen molar-refractivity contribution in [3.8, 4) is 5.88 Å². The second-order valence-electron chi connectivity index (χ2n) is 2.82. The normalized spacial score (nSPS) is 11.5. The Labute approximate surface area is 78.5 Å². The Morgan fingerprint density at radius 3 is 2.69 bits per heavy atom. The largest absolute Gasteiger partial charge is 0.481 e. The summed E-state index contributed by atoms with van der Waals surface area (Å²) >= 11 is 0. The van der Waals surface area contributed by atoms with Gasteiger partial charge in [0, 0.05) is 18.5 Å². The first-order chi connectivity index (χ1) is 6.19. The van der Waals surface area contributed by atoms with Gasteiger partial charge in [0.05, 0.1) is 12.7 Å². The third-order valence-corrected chi connectivity index (χ3v) is 1.92. The van der Waals surface area contributed by atoms with Crippen molar-refractivity contribution >= 4 is 5.71 Å². The van der Waals surface area contributed by atoms with Gasteiger partial charge in [0.1, 0.15) is 0 Å². The molecule has 0 saturated carbocycles. The molecule has 0 aromatic carbocycles. The van der Waals surface area contributed by atoms with E-state index in [-0.39, 0.29) is 0 Å². The van der Waals surface area contributed by atoms with E-state index in [1.807, 2.05) is 26.0 Å². The molecular formula is C10H14N2O. The van der Waals surface area contributed by atoms with Crippen LogP contribution in [0.5, 0.6) is 5.88 Å². The summed E-state index contributed by atoms with van der Waals surface area (Å²) in [7, 11) is 3.38. The second-order valence-corrected chi connectivity index (χ2v) is 2.82. The highest BCUT2D eigenvalue weighted by atomic mass is 16.5. The van der Waals surface area contributed by atoms with Crippen molar-refractivity contribution in [2.45, 2.75) is 13.8 Å². The van der Waals surface area contributed by atoms with Gasteiger partial charge in [-0.3, -0.25) is 4.99 Å². The lowest BCUT2D eigenvalue weighted by atomic mass is 10.2. The molecule has 0 spiro atoms. The van der Waals surface area contributed by atoms with Gasteiger partial charge >= 0.3 is 0 Å². The van der Waals surface area contributed by atoms with Crippen LogP contribution >= 0.6 is 0 Å². The van der Waals surface area contributed by atoms with Crippen LogP contribution in [0.2, 0.25) is 0 Å². The SMILES string of the molecule is CN=C(C)c1ccc(C)nc1OC. The van der Waals surface area contributed by atoms with Gasteiger partial charge in [-0.25, -0.2) is 4.98 Å². The molecule has 1 heterocycles. The molecule has 0 bridgehead atoms. The molecule has 0 aliphatic rings. The Kier molecular flexibility index (Phi) is 3.01. The maximum absolute atomic E-state index is 5.16. The van der Waals surface area contributed by atoms with Crippen molar-refractivity contribution in [3.63, 3.8) is 0 Å². The molecule has 0 fully saturated rings. The number of rotatable bonds is 2. The maximum atomic E-state index is 5.16. The molecule has 1 rings (SSSR count). The van der Waals surface area contributed by atoms with Crippen molar-refractivity contribution in [3.05, 3.63) is 23.4 Å². The number of aromatic nitrogens is 1. The summed E-state index contributed by atoms with van der Waals surface area (Å²) in [6.07, 6.45) is 0. The molecule has 0 saturated heterocycles. The number of hydrogen-bond acceptors (Lipinski definition) is 3. The lowest BCUT2D eigenvalue weighted by Gasteiger charge is -2.06. The van der Waals surface area contributed by atoms with Crippen LogP contribution in [0.1, 0.15) is 18.2 Å². The first kappa shape index (κ1) is 9.71. The number of methoxy groups -OCH3 is 1. The molecule has 1 aromatic rings. The van der Waals surface area contributed by atoms with E-state index >= 15 is 0 Å². The standard InChI is InChI=1S/C10H14N2O/c1-7-5-6-9(8(2)11-3)10(12-7)13-4/h5-6H,1-4H3. The zero-order chi connectivity index (χ0) is 9.84. The number of aliphatic imine (C=N–C) groups is 1. The minimum absolute atomic E-state index is 0.642. The Morgan fingerprint density at radius 2 is 2.15 bits per heavy atom. The molecule has 70 valence electrons. The molecule has 0 aliphatic carbocycles. The smallest absolute Gasteiger partial charge is 0.222 e. The number of aryl methyl sites for hydroxylation is 1. The summed E-state index contributed by atoms with van der Waals surface area (Å²) < 4.78 is 5.16. The van der Waals surface area contributed by atoms with E-state index in [0.29, 0.717) is 5.88 Å². The van der Waals surface area contributed by atoms with Crippen molar-refractivity contribution in [2.24, 2.45) is 4.99 Å². The molecule has 0 amide bonds. The Morgan fingerprint density at radius 1 is 1.46 bits per heavy atom. The van der Waals surface area contributed by atoms with Gasteiger partial charge in [0.25, 0.3) is 0 Å². The monoisotopic (exact) mass is 178 g/mol. The zero-order valence-electron chi connectivity index (χ0n) is 8.46. The molecule has 0 N–H and O–H groups in total. The van der Waals surface area contributed by atoms with Gasteiger partial charge in [-0.2, -0.15) is 0 Å². The van der Waals surface area contributed by atoms with E-state index in [9.17, 15) is 0 Å². The number of nitrogens with zero attached hydrogens (tertiary/aromatic N) is 2. The minimum Gasteiger partial charge on any atom is -0.481 e. The fourth-order valence-electron chi connectivity index (χ4n) is 1.08. The van der Waals surface area contributed by atoms with E-state index in [2.05, 4.69) is 9.98 Å². The molecule has 3 nitrogen and oxygen atoms in total. The van der Waals surface area contributed by atoms with Crippen LogP contribution in [0, 0.1) is 6.92 Å². The van der Waals surface area contributed by atoms with Gasteiger partial charge < -0.3 is 4.74 Å². The summed E-state index contributed by atoms with van der Waals surface area (Å²) in [6.45, 7) is 3.87. The first-order valence-corrected chi connectivity index (χ1v) is 4.14. The Bertz CT molecular complexity index is 332. The van der Waals surface area contributed by atoms with E-state index in [1.165, 1.54) is 0 Å². The van der Waals surface area contributed by atoms with Crippen molar-refractivity contribution in [2.75, 3.05) is 14.2 Å². The maximum Gasteiger partial charge on any atom is 0.222 e. The average Bonchev–Trinajstić information content (AvgIpc) is 2.16. The summed E-state index contributed by atoms with van der Waals surface area (Å²) in [5.74, 6) is 0.642. The van der Waals surface area contributed by atoms with Gasteiger partial charge in [-0.05, 0) is 26.0 Å². The van der Waals surface area contributed by atoms with E-state index in [0.717, 1.165) is 17.0 Å². The molecule has 3 heteroatoms. The third-order valence-electron chi connectivity index (χ3n) is 1.92. The second kappa shape index (κ2) is 4.03. The zero-order valence-corrected chi connectivity index (χ0v) is 8.46. The summed E-state index contributed by atoms with van der Waals surface area (Å²) in [5, 5.41) is 0. The minimum atomic E-state index is 0.642. The van der Waals surface area contributed by atoms with Crippen LogP contribution in [0.15, 0.2) is 17.1 Å². The molecule has 0 unspecified atom stereocenters. The van der Waals surface area contributed by atoms with Gasteiger partial charge in [0.15, 0.2) is 0 Å². The fourth-order valence-corrected chi connectivity index (χ4v) is 1.08. The summed E-state index contributed by atoms with van der Waals surface area (Å²) in [4.78, 5) is 8.35. The Balaban J connectivity index is 3.21. The van der Waals surface area contributed by atoms with Gasteiger partial charge in [0.2, 0.25) is 5.88 Å². The third kappa shape index (κ3) is 2.05. The van der Waals surface area contributed by atoms with Crippen molar-refractivity contribution < 1.29 is 4.74 Å². The average molecular weight is 178 g/mol. The summed E-state index contributed by atoms with van der Waals surface area (Å²) in [5.41, 5.74) is 2.84. The predicted octanol–water partition coefficient (Wildman–Crippen LogP) is 1.84. The molecular weight excluding hydrogens is 164 g/mol. The predicted molar refractivity (Wildman–Crippen MR) is 53.7 cm³/mol. The highest BCUT2D eigenvalue weighted by Crippen LogP contribution is 2.16. The molecule has 0 radical (unpaired) electrons. The highest BCUT2D eigenvalue weighted by molar-refractivity contribution is 6.00. The van der Waals surface area contributed by atoms with Crippen molar-refractivity contribution in [1.82, 2.24) is 4.98 Å². The van der Waals surface area contributed by atoms with Gasteiger partial charge in [-0.15, -0.1) is 0 Å². The van der Waals surface area contributed by atoms with Crippen LogP contribution in [0.4, 0.5) is 0 Å². The van der Waals surface area contributed by atoms with Crippen molar-refractivity contribution in [1.29, 1.82) is 0 Å². The fraction of sp³-hybridized carbons (Fsp3) is 0.400. The topological polar surface area (TPSA) is 34.5 Å². The van der Waals surface area contributed by atoms with E-state index < -0.39 is 0 Å². The lowest BCUT2D eigenvalue weighted by Crippen LogP contribution is -2.01. The van der Waals surface area contributed by atoms with Crippen LogP contribution < -0.4 is 4.74 Å². The number of hydrogen-bond donors (Lipinski definition) is 0. The van der Waals surface area contributed by atoms with Crippen LogP contribution in [0.25, 0.3) is 0 Å². The van der Waals surface area contributed by atoms with Gasteiger partial charge in [-0.1, -0.05) is 0 Å². The molecule has 0 atom stereocenters. The molecule has 13 heavy (non-hydrogen) atoms. The van der Waals surface area contributed by atoms with E-state index in [1.54, 1.807) is 14.2 Å².